The predicted molar refractivity (Wildman–Crippen MR) is 106 cm³/mol. The maximum atomic E-state index is 12.9. The van der Waals surface area contributed by atoms with Crippen LogP contribution in [0.4, 0.5) is 13.2 Å². The molecule has 0 saturated carbocycles. The molecule has 0 saturated heterocycles. The Kier molecular flexibility index (Phi) is 5.62. The monoisotopic (exact) mass is 424 g/mol. The molecule has 156 valence electrons. The number of hydrogen-bond acceptors (Lipinski definition) is 3. The van der Waals surface area contributed by atoms with Gasteiger partial charge < -0.3 is 0 Å². The third-order valence-electron chi connectivity index (χ3n) is 5.90. The number of pyridine rings is 1. The topological polar surface area (TPSA) is 73.1 Å². The van der Waals surface area contributed by atoms with Gasteiger partial charge in [0.15, 0.2) is 0 Å². The molecule has 29 heavy (non-hydrogen) atoms. The highest BCUT2D eigenvalue weighted by molar-refractivity contribution is 7.89. The lowest BCUT2D eigenvalue weighted by Crippen LogP contribution is -2.15. The number of nitrogens with two attached hydrogens (primary N) is 1. The molecule has 1 aliphatic carbocycles. The van der Waals surface area contributed by atoms with Gasteiger partial charge in [0.25, 0.3) is 0 Å². The molecule has 1 heterocycles. The number of sulfonamides is 1. The van der Waals surface area contributed by atoms with Gasteiger partial charge >= 0.3 is 6.18 Å². The van der Waals surface area contributed by atoms with Crippen molar-refractivity contribution in [3.8, 4) is 0 Å². The van der Waals surface area contributed by atoms with Crippen LogP contribution in [0.3, 0.4) is 0 Å². The van der Waals surface area contributed by atoms with Crippen molar-refractivity contribution in [2.75, 3.05) is 0 Å². The van der Waals surface area contributed by atoms with Gasteiger partial charge in [-0.05, 0) is 72.1 Å². The minimum atomic E-state index is -4.43. The molecule has 0 radical (unpaired) electrons. The third-order valence-corrected chi connectivity index (χ3v) is 6.83. The molecule has 1 aromatic carbocycles. The SMILES string of the molecule is CCC1(CC)CC(c2ccc(S(N)(=O)=O)cc2)=C(c2ccc(C(F)(F)F)cn2)C1. The van der Waals surface area contributed by atoms with Crippen molar-refractivity contribution in [1.82, 2.24) is 4.98 Å². The molecule has 0 amide bonds. The Labute approximate surface area is 168 Å². The summed E-state index contributed by atoms with van der Waals surface area (Å²) < 4.78 is 61.7. The fourth-order valence-electron chi connectivity index (χ4n) is 3.88. The van der Waals surface area contributed by atoms with Crippen molar-refractivity contribution < 1.29 is 21.6 Å². The van der Waals surface area contributed by atoms with E-state index >= 15 is 0 Å². The second-order valence-electron chi connectivity index (χ2n) is 7.52. The summed E-state index contributed by atoms with van der Waals surface area (Å²) in [4.78, 5) is 4.12. The fourth-order valence-corrected chi connectivity index (χ4v) is 4.40. The van der Waals surface area contributed by atoms with E-state index in [-0.39, 0.29) is 10.3 Å². The summed E-state index contributed by atoms with van der Waals surface area (Å²) in [6.07, 6.45) is -0.253. The zero-order valence-electron chi connectivity index (χ0n) is 16.3. The standard InChI is InChI=1S/C21H23F3N2O2S/c1-3-20(4-2)11-17(14-5-8-16(9-6-14)29(25,27)28)18(12-20)19-10-7-15(13-26-19)21(22,23)24/h5-10,13H,3-4,11-12H2,1-2H3,(H2,25,27,28). The van der Waals surface area contributed by atoms with Crippen LogP contribution in [0.15, 0.2) is 47.5 Å². The van der Waals surface area contributed by atoms with Gasteiger partial charge in [0.05, 0.1) is 16.2 Å². The molecular weight excluding hydrogens is 401 g/mol. The van der Waals surface area contributed by atoms with Crippen LogP contribution in [0.1, 0.15) is 56.4 Å². The van der Waals surface area contributed by atoms with Crippen molar-refractivity contribution >= 4 is 21.2 Å². The number of nitrogens with zero attached hydrogens (tertiary/aromatic N) is 1. The van der Waals surface area contributed by atoms with E-state index in [0.29, 0.717) is 12.1 Å². The third kappa shape index (κ3) is 4.38. The molecule has 0 bridgehead atoms. The van der Waals surface area contributed by atoms with Gasteiger partial charge in [0.2, 0.25) is 10.0 Å². The minimum Gasteiger partial charge on any atom is -0.256 e. The van der Waals surface area contributed by atoms with E-state index in [1.54, 1.807) is 12.1 Å². The molecule has 1 aromatic heterocycles. The van der Waals surface area contributed by atoms with E-state index in [1.807, 2.05) is 0 Å². The molecule has 0 aliphatic heterocycles. The lowest BCUT2D eigenvalue weighted by Gasteiger charge is -2.26. The second kappa shape index (κ2) is 7.57. The fraction of sp³-hybridized carbons (Fsp3) is 0.381. The second-order valence-corrected chi connectivity index (χ2v) is 9.08. The predicted octanol–water partition coefficient (Wildman–Crippen LogP) is 5.26. The minimum absolute atomic E-state index is 0.00760. The molecule has 0 spiro atoms. The van der Waals surface area contributed by atoms with Crippen LogP contribution in [0.5, 0.6) is 0 Å². The van der Waals surface area contributed by atoms with Crippen LogP contribution in [0, 0.1) is 5.41 Å². The highest BCUT2D eigenvalue weighted by Gasteiger charge is 2.38. The maximum Gasteiger partial charge on any atom is 0.417 e. The number of rotatable bonds is 5. The van der Waals surface area contributed by atoms with Crippen molar-refractivity contribution in [1.29, 1.82) is 0 Å². The quantitative estimate of drug-likeness (QED) is 0.712. The summed E-state index contributed by atoms with van der Waals surface area (Å²) in [5.74, 6) is 0. The van der Waals surface area contributed by atoms with E-state index in [1.165, 1.54) is 18.2 Å². The number of primary sulfonamides is 1. The Morgan fingerprint density at radius 1 is 1.00 bits per heavy atom. The van der Waals surface area contributed by atoms with E-state index in [9.17, 15) is 21.6 Å². The molecule has 4 nitrogen and oxygen atoms in total. The summed E-state index contributed by atoms with van der Waals surface area (Å²) in [6.45, 7) is 4.21. The van der Waals surface area contributed by atoms with Crippen LogP contribution in [-0.4, -0.2) is 13.4 Å². The van der Waals surface area contributed by atoms with Crippen LogP contribution < -0.4 is 5.14 Å². The molecule has 2 aromatic rings. The lowest BCUT2D eigenvalue weighted by molar-refractivity contribution is -0.137. The molecule has 0 atom stereocenters. The average Bonchev–Trinajstić information content (AvgIpc) is 3.07. The zero-order valence-corrected chi connectivity index (χ0v) is 17.1. The van der Waals surface area contributed by atoms with Gasteiger partial charge in [0, 0.05) is 6.20 Å². The molecule has 0 fully saturated rings. The van der Waals surface area contributed by atoms with Gasteiger partial charge in [0.1, 0.15) is 0 Å². The first-order chi connectivity index (χ1) is 13.5. The first kappa shape index (κ1) is 21.5. The number of allylic oxidation sites excluding steroid dienone is 2. The van der Waals surface area contributed by atoms with Crippen molar-refractivity contribution in [3.63, 3.8) is 0 Å². The Morgan fingerprint density at radius 2 is 1.59 bits per heavy atom. The average molecular weight is 424 g/mol. The Balaban J connectivity index is 2.08. The molecule has 2 N–H and O–H groups in total. The summed E-state index contributed by atoms with van der Waals surface area (Å²) in [7, 11) is -3.79. The van der Waals surface area contributed by atoms with E-state index < -0.39 is 21.8 Å². The molecule has 3 rings (SSSR count). The van der Waals surface area contributed by atoms with E-state index in [2.05, 4.69) is 18.8 Å². The highest BCUT2D eigenvalue weighted by atomic mass is 32.2. The summed E-state index contributed by atoms with van der Waals surface area (Å²) in [5, 5.41) is 5.17. The smallest absolute Gasteiger partial charge is 0.256 e. The van der Waals surface area contributed by atoms with Gasteiger partial charge in [-0.25, -0.2) is 13.6 Å². The number of hydrogen-bond donors (Lipinski definition) is 1. The number of aromatic nitrogens is 1. The van der Waals surface area contributed by atoms with Crippen LogP contribution in [0.25, 0.3) is 11.1 Å². The normalized spacial score (nSPS) is 17.0. The van der Waals surface area contributed by atoms with Gasteiger partial charge in [-0.1, -0.05) is 26.0 Å². The number of halogens is 3. The lowest BCUT2D eigenvalue weighted by atomic mass is 9.78. The van der Waals surface area contributed by atoms with E-state index in [0.717, 1.165) is 48.2 Å². The van der Waals surface area contributed by atoms with E-state index in [4.69, 9.17) is 5.14 Å². The molecule has 8 heteroatoms. The Bertz CT molecular complexity index is 1020. The van der Waals surface area contributed by atoms with Crippen molar-refractivity contribution in [2.24, 2.45) is 10.6 Å². The van der Waals surface area contributed by atoms with Crippen molar-refractivity contribution in [3.05, 3.63) is 59.4 Å². The zero-order chi connectivity index (χ0) is 21.4. The van der Waals surface area contributed by atoms with Gasteiger partial charge in [-0.3, -0.25) is 4.98 Å². The summed E-state index contributed by atoms with van der Waals surface area (Å²) in [5.41, 5.74) is 2.47. The van der Waals surface area contributed by atoms with Gasteiger partial charge in [-0.2, -0.15) is 13.2 Å². The van der Waals surface area contributed by atoms with Gasteiger partial charge in [-0.15, -0.1) is 0 Å². The largest absolute Gasteiger partial charge is 0.417 e. The molecular formula is C21H23F3N2O2S. The Hall–Kier alpha value is -2.19. The molecule has 1 aliphatic rings. The number of benzene rings is 1. The van der Waals surface area contributed by atoms with Crippen LogP contribution >= 0.6 is 0 Å². The summed E-state index contributed by atoms with van der Waals surface area (Å²) in [6, 6.07) is 8.76. The highest BCUT2D eigenvalue weighted by Crippen LogP contribution is 2.53. The first-order valence-corrected chi connectivity index (χ1v) is 10.9. The Morgan fingerprint density at radius 3 is 2.03 bits per heavy atom. The van der Waals surface area contributed by atoms with Crippen molar-refractivity contribution in [2.45, 2.75) is 50.6 Å². The molecule has 0 unspecified atom stereocenters. The van der Waals surface area contributed by atoms with Crippen LogP contribution in [0.2, 0.25) is 0 Å². The first-order valence-electron chi connectivity index (χ1n) is 9.38. The van der Waals surface area contributed by atoms with Crippen LogP contribution in [-0.2, 0) is 16.2 Å². The maximum absolute atomic E-state index is 12.9. The number of alkyl halides is 3. The summed E-state index contributed by atoms with van der Waals surface area (Å²) >= 11 is 0.